The van der Waals surface area contributed by atoms with Gasteiger partial charge in [0, 0.05) is 18.2 Å². The summed E-state index contributed by atoms with van der Waals surface area (Å²) in [6, 6.07) is 6.84. The van der Waals surface area contributed by atoms with E-state index in [1.165, 1.54) is 6.07 Å². The van der Waals surface area contributed by atoms with Crippen molar-refractivity contribution in [1.29, 1.82) is 0 Å². The molecule has 0 amide bonds. The second kappa shape index (κ2) is 5.89. The molecular weight excluding hydrogens is 241 g/mol. The molecular formula is C15H18FN3. The molecule has 2 rings (SSSR count). The third-order valence-corrected chi connectivity index (χ3v) is 3.09. The standard InChI is InChI=1S/C15H18FN3/c1-10(9-17)7-15-18-6-5-14(19-15)12-3-4-13(16)11(2)8-12/h3-6,8,10H,7,9,17H2,1-2H3. The zero-order valence-electron chi connectivity index (χ0n) is 11.2. The van der Waals surface area contributed by atoms with E-state index in [0.717, 1.165) is 23.5 Å². The first-order chi connectivity index (χ1) is 9.10. The van der Waals surface area contributed by atoms with Crippen LogP contribution in [0.15, 0.2) is 30.5 Å². The Morgan fingerprint density at radius 3 is 2.79 bits per heavy atom. The Hall–Kier alpha value is -1.81. The number of aryl methyl sites for hydroxylation is 1. The van der Waals surface area contributed by atoms with E-state index in [1.807, 2.05) is 6.07 Å². The van der Waals surface area contributed by atoms with Crippen LogP contribution in [-0.4, -0.2) is 16.5 Å². The largest absolute Gasteiger partial charge is 0.330 e. The van der Waals surface area contributed by atoms with Crippen molar-refractivity contribution in [3.05, 3.63) is 47.7 Å². The third kappa shape index (κ3) is 3.35. The van der Waals surface area contributed by atoms with Crippen LogP contribution in [0.3, 0.4) is 0 Å². The molecule has 0 saturated carbocycles. The molecule has 0 spiro atoms. The minimum atomic E-state index is -0.199. The maximum Gasteiger partial charge on any atom is 0.129 e. The van der Waals surface area contributed by atoms with E-state index in [1.54, 1.807) is 25.3 Å². The van der Waals surface area contributed by atoms with Gasteiger partial charge in [-0.05, 0) is 49.2 Å². The summed E-state index contributed by atoms with van der Waals surface area (Å²) >= 11 is 0. The molecule has 0 fully saturated rings. The lowest BCUT2D eigenvalue weighted by Crippen LogP contribution is -2.14. The fraction of sp³-hybridized carbons (Fsp3) is 0.333. The van der Waals surface area contributed by atoms with Gasteiger partial charge in [-0.1, -0.05) is 6.92 Å². The van der Waals surface area contributed by atoms with Gasteiger partial charge in [0.2, 0.25) is 0 Å². The summed E-state index contributed by atoms with van der Waals surface area (Å²) < 4.78 is 13.3. The molecule has 0 aliphatic carbocycles. The summed E-state index contributed by atoms with van der Waals surface area (Å²) in [5.41, 5.74) is 7.95. The second-order valence-corrected chi connectivity index (χ2v) is 4.87. The molecule has 0 radical (unpaired) electrons. The van der Waals surface area contributed by atoms with E-state index >= 15 is 0 Å². The van der Waals surface area contributed by atoms with Crippen molar-refractivity contribution in [2.75, 3.05) is 6.54 Å². The summed E-state index contributed by atoms with van der Waals surface area (Å²) in [4.78, 5) is 8.76. The maximum atomic E-state index is 13.3. The van der Waals surface area contributed by atoms with Crippen molar-refractivity contribution in [2.24, 2.45) is 11.7 Å². The number of hydrogen-bond acceptors (Lipinski definition) is 3. The highest BCUT2D eigenvalue weighted by Gasteiger charge is 2.07. The van der Waals surface area contributed by atoms with Crippen molar-refractivity contribution in [1.82, 2.24) is 9.97 Å². The monoisotopic (exact) mass is 259 g/mol. The van der Waals surface area contributed by atoms with Gasteiger partial charge in [0.15, 0.2) is 0 Å². The van der Waals surface area contributed by atoms with Gasteiger partial charge in [-0.2, -0.15) is 0 Å². The minimum Gasteiger partial charge on any atom is -0.330 e. The van der Waals surface area contributed by atoms with Crippen LogP contribution in [0, 0.1) is 18.7 Å². The van der Waals surface area contributed by atoms with E-state index < -0.39 is 0 Å². The van der Waals surface area contributed by atoms with E-state index in [9.17, 15) is 4.39 Å². The van der Waals surface area contributed by atoms with Crippen LogP contribution in [0.2, 0.25) is 0 Å². The lowest BCUT2D eigenvalue weighted by atomic mass is 10.1. The molecule has 0 bridgehead atoms. The molecule has 0 aliphatic heterocycles. The molecule has 19 heavy (non-hydrogen) atoms. The summed E-state index contributed by atoms with van der Waals surface area (Å²) in [6.45, 7) is 4.43. The van der Waals surface area contributed by atoms with Crippen molar-refractivity contribution in [3.8, 4) is 11.3 Å². The molecule has 3 nitrogen and oxygen atoms in total. The van der Waals surface area contributed by atoms with E-state index in [4.69, 9.17) is 5.73 Å². The summed E-state index contributed by atoms with van der Waals surface area (Å²) in [6.07, 6.45) is 2.49. The highest BCUT2D eigenvalue weighted by molar-refractivity contribution is 5.59. The number of nitrogens with two attached hydrogens (primary N) is 1. The number of rotatable bonds is 4. The van der Waals surface area contributed by atoms with Crippen LogP contribution in [0.5, 0.6) is 0 Å². The number of hydrogen-bond donors (Lipinski definition) is 1. The number of nitrogens with zero attached hydrogens (tertiary/aromatic N) is 2. The Morgan fingerprint density at radius 1 is 1.32 bits per heavy atom. The Balaban J connectivity index is 2.29. The molecule has 1 unspecified atom stereocenters. The highest BCUT2D eigenvalue weighted by Crippen LogP contribution is 2.20. The number of halogens is 1. The van der Waals surface area contributed by atoms with Gasteiger partial charge in [0.05, 0.1) is 5.69 Å². The average molecular weight is 259 g/mol. The Labute approximate surface area is 112 Å². The van der Waals surface area contributed by atoms with Crippen LogP contribution in [0.1, 0.15) is 18.3 Å². The van der Waals surface area contributed by atoms with Crippen molar-refractivity contribution >= 4 is 0 Å². The minimum absolute atomic E-state index is 0.199. The highest BCUT2D eigenvalue weighted by atomic mass is 19.1. The van der Waals surface area contributed by atoms with Crippen LogP contribution >= 0.6 is 0 Å². The third-order valence-electron chi connectivity index (χ3n) is 3.09. The maximum absolute atomic E-state index is 13.3. The van der Waals surface area contributed by atoms with Crippen LogP contribution in [0.4, 0.5) is 4.39 Å². The molecule has 100 valence electrons. The van der Waals surface area contributed by atoms with Crippen LogP contribution in [0.25, 0.3) is 11.3 Å². The first-order valence-electron chi connectivity index (χ1n) is 6.38. The molecule has 1 aromatic heterocycles. The molecule has 1 heterocycles. The molecule has 1 atom stereocenters. The van der Waals surface area contributed by atoms with Crippen molar-refractivity contribution in [2.45, 2.75) is 20.3 Å². The van der Waals surface area contributed by atoms with Gasteiger partial charge in [0.1, 0.15) is 11.6 Å². The Kier molecular flexibility index (Phi) is 4.22. The second-order valence-electron chi connectivity index (χ2n) is 4.87. The first-order valence-corrected chi connectivity index (χ1v) is 6.38. The fourth-order valence-electron chi connectivity index (χ4n) is 1.86. The summed E-state index contributed by atoms with van der Waals surface area (Å²) in [5, 5.41) is 0. The summed E-state index contributed by atoms with van der Waals surface area (Å²) in [5.74, 6) is 0.928. The lowest BCUT2D eigenvalue weighted by molar-refractivity contribution is 0.574. The molecule has 0 aliphatic rings. The van der Waals surface area contributed by atoms with Crippen molar-refractivity contribution < 1.29 is 4.39 Å². The molecule has 0 saturated heterocycles. The lowest BCUT2D eigenvalue weighted by Gasteiger charge is -2.08. The molecule has 4 heteroatoms. The van der Waals surface area contributed by atoms with Gasteiger partial charge >= 0.3 is 0 Å². The van der Waals surface area contributed by atoms with Crippen molar-refractivity contribution in [3.63, 3.8) is 0 Å². The molecule has 2 aromatic rings. The molecule has 1 aromatic carbocycles. The Morgan fingerprint density at radius 2 is 2.11 bits per heavy atom. The van der Waals surface area contributed by atoms with E-state index in [0.29, 0.717) is 18.0 Å². The SMILES string of the molecule is Cc1cc(-c2ccnc(CC(C)CN)n2)ccc1F. The van der Waals surface area contributed by atoms with Gasteiger partial charge < -0.3 is 5.73 Å². The van der Waals surface area contributed by atoms with Crippen LogP contribution < -0.4 is 5.73 Å². The average Bonchev–Trinajstić information content (AvgIpc) is 2.42. The van der Waals surface area contributed by atoms with Gasteiger partial charge in [-0.25, -0.2) is 14.4 Å². The smallest absolute Gasteiger partial charge is 0.129 e. The van der Waals surface area contributed by atoms with Crippen LogP contribution in [-0.2, 0) is 6.42 Å². The first kappa shape index (κ1) is 13.6. The van der Waals surface area contributed by atoms with Gasteiger partial charge in [0.25, 0.3) is 0 Å². The van der Waals surface area contributed by atoms with E-state index in [2.05, 4.69) is 16.9 Å². The molecule has 2 N–H and O–H groups in total. The predicted molar refractivity (Wildman–Crippen MR) is 74.1 cm³/mol. The summed E-state index contributed by atoms with van der Waals surface area (Å²) in [7, 11) is 0. The van der Waals surface area contributed by atoms with E-state index in [-0.39, 0.29) is 5.82 Å². The fourth-order valence-corrected chi connectivity index (χ4v) is 1.86. The predicted octanol–water partition coefficient (Wildman–Crippen LogP) is 2.73. The van der Waals surface area contributed by atoms with Gasteiger partial charge in [-0.15, -0.1) is 0 Å². The zero-order valence-corrected chi connectivity index (χ0v) is 11.2. The quantitative estimate of drug-likeness (QED) is 0.918. The Bertz CT molecular complexity index is 569. The zero-order chi connectivity index (χ0) is 13.8. The number of benzene rings is 1. The normalized spacial score (nSPS) is 12.4. The number of aromatic nitrogens is 2. The van der Waals surface area contributed by atoms with Gasteiger partial charge in [-0.3, -0.25) is 0 Å². The topological polar surface area (TPSA) is 51.8 Å².